The van der Waals surface area contributed by atoms with Crippen LogP contribution in [-0.2, 0) is 4.79 Å². The van der Waals surface area contributed by atoms with Crippen LogP contribution in [0, 0.1) is 11.6 Å². The molecule has 0 fully saturated rings. The summed E-state index contributed by atoms with van der Waals surface area (Å²) in [6.45, 7) is 4.88. The molecule has 2 rings (SSSR count). The van der Waals surface area contributed by atoms with Crippen molar-refractivity contribution in [1.82, 2.24) is 0 Å². The van der Waals surface area contributed by atoms with Crippen LogP contribution < -0.4 is 4.74 Å². The van der Waals surface area contributed by atoms with Gasteiger partial charge in [0.25, 0.3) is 0 Å². The van der Waals surface area contributed by atoms with Crippen molar-refractivity contribution >= 4 is 5.97 Å². The number of esters is 1. The minimum Gasteiger partial charge on any atom is -0.420 e. The molecule has 0 saturated heterocycles. The summed E-state index contributed by atoms with van der Waals surface area (Å²) in [5, 5.41) is 0. The zero-order chi connectivity index (χ0) is 14.7. The van der Waals surface area contributed by atoms with Gasteiger partial charge in [-0.3, -0.25) is 0 Å². The Morgan fingerprint density at radius 2 is 1.80 bits per heavy atom. The van der Waals surface area contributed by atoms with Crippen molar-refractivity contribution in [3.8, 4) is 16.9 Å². The molecule has 0 radical (unpaired) electrons. The SMILES string of the molecule is C=C(C)C(=O)Oc1ccc(-c2ccccc2F)cc1F. The van der Waals surface area contributed by atoms with Gasteiger partial charge >= 0.3 is 5.97 Å². The summed E-state index contributed by atoms with van der Waals surface area (Å²) in [5.41, 5.74) is 0.822. The Kier molecular flexibility index (Phi) is 3.94. The van der Waals surface area contributed by atoms with Gasteiger partial charge in [0.1, 0.15) is 5.82 Å². The molecule has 0 aliphatic rings. The maximum atomic E-state index is 13.9. The normalized spacial score (nSPS) is 10.2. The second-order valence-electron chi connectivity index (χ2n) is 4.29. The van der Waals surface area contributed by atoms with Crippen molar-refractivity contribution < 1.29 is 18.3 Å². The van der Waals surface area contributed by atoms with Gasteiger partial charge in [0.15, 0.2) is 11.6 Å². The Balaban J connectivity index is 2.33. The largest absolute Gasteiger partial charge is 0.420 e. The molecule has 0 amide bonds. The monoisotopic (exact) mass is 274 g/mol. The van der Waals surface area contributed by atoms with Crippen LogP contribution in [0.15, 0.2) is 54.6 Å². The Morgan fingerprint density at radius 3 is 2.40 bits per heavy atom. The summed E-state index contributed by atoms with van der Waals surface area (Å²) in [6, 6.07) is 9.95. The number of carbonyl (C=O) groups excluding carboxylic acids is 1. The van der Waals surface area contributed by atoms with Crippen molar-refractivity contribution in [2.45, 2.75) is 6.92 Å². The summed E-state index contributed by atoms with van der Waals surface area (Å²) in [6.07, 6.45) is 0. The van der Waals surface area contributed by atoms with E-state index in [9.17, 15) is 13.6 Å². The molecule has 2 aromatic rings. The third-order valence-electron chi connectivity index (χ3n) is 2.67. The molecule has 4 heteroatoms. The second kappa shape index (κ2) is 5.65. The van der Waals surface area contributed by atoms with Crippen LogP contribution in [0.5, 0.6) is 5.75 Å². The number of ether oxygens (including phenoxy) is 1. The van der Waals surface area contributed by atoms with Crippen molar-refractivity contribution in [3.63, 3.8) is 0 Å². The maximum Gasteiger partial charge on any atom is 0.338 e. The van der Waals surface area contributed by atoms with E-state index in [1.165, 1.54) is 25.1 Å². The highest BCUT2D eigenvalue weighted by Crippen LogP contribution is 2.27. The lowest BCUT2D eigenvalue weighted by Crippen LogP contribution is -2.09. The van der Waals surface area contributed by atoms with E-state index in [0.717, 1.165) is 6.07 Å². The Morgan fingerprint density at radius 1 is 1.10 bits per heavy atom. The lowest BCUT2D eigenvalue weighted by Gasteiger charge is -2.08. The van der Waals surface area contributed by atoms with Gasteiger partial charge in [-0.15, -0.1) is 0 Å². The first-order valence-corrected chi connectivity index (χ1v) is 5.91. The van der Waals surface area contributed by atoms with Crippen LogP contribution in [0.1, 0.15) is 6.92 Å². The molecule has 0 aliphatic heterocycles. The van der Waals surface area contributed by atoms with Crippen molar-refractivity contribution in [3.05, 3.63) is 66.3 Å². The van der Waals surface area contributed by atoms with Crippen molar-refractivity contribution in [2.24, 2.45) is 0 Å². The van der Waals surface area contributed by atoms with E-state index in [2.05, 4.69) is 6.58 Å². The number of hydrogen-bond acceptors (Lipinski definition) is 2. The molecule has 102 valence electrons. The van der Waals surface area contributed by atoms with E-state index in [4.69, 9.17) is 4.74 Å². The Hall–Kier alpha value is -2.49. The van der Waals surface area contributed by atoms with E-state index in [-0.39, 0.29) is 16.9 Å². The van der Waals surface area contributed by atoms with E-state index in [1.54, 1.807) is 18.2 Å². The number of halogens is 2. The maximum absolute atomic E-state index is 13.9. The minimum absolute atomic E-state index is 0.169. The van der Waals surface area contributed by atoms with Gasteiger partial charge in [-0.2, -0.15) is 0 Å². The molecular weight excluding hydrogens is 262 g/mol. The number of rotatable bonds is 3. The van der Waals surface area contributed by atoms with Crippen molar-refractivity contribution in [2.75, 3.05) is 0 Å². The highest BCUT2D eigenvalue weighted by molar-refractivity contribution is 5.88. The molecule has 0 heterocycles. The van der Waals surface area contributed by atoms with Gasteiger partial charge in [0, 0.05) is 11.1 Å². The topological polar surface area (TPSA) is 26.3 Å². The standard InChI is InChI=1S/C16H12F2O2/c1-10(2)16(19)20-15-8-7-11(9-14(15)18)12-5-3-4-6-13(12)17/h3-9H,1H2,2H3. The number of benzene rings is 2. The summed E-state index contributed by atoms with van der Waals surface area (Å²) < 4.78 is 32.3. The fourth-order valence-corrected chi connectivity index (χ4v) is 1.63. The first kappa shape index (κ1) is 13.9. The predicted molar refractivity (Wildman–Crippen MR) is 72.2 cm³/mol. The molecule has 0 spiro atoms. The van der Waals surface area contributed by atoms with E-state index in [0.29, 0.717) is 5.56 Å². The fourth-order valence-electron chi connectivity index (χ4n) is 1.63. The van der Waals surface area contributed by atoms with Crippen LogP contribution in [0.2, 0.25) is 0 Å². The number of carbonyl (C=O) groups is 1. The lowest BCUT2D eigenvalue weighted by molar-refractivity contribution is -0.130. The zero-order valence-electron chi connectivity index (χ0n) is 10.8. The quantitative estimate of drug-likeness (QED) is 0.478. The van der Waals surface area contributed by atoms with Crippen LogP contribution in [0.4, 0.5) is 8.78 Å². The highest BCUT2D eigenvalue weighted by Gasteiger charge is 2.12. The van der Waals surface area contributed by atoms with Gasteiger partial charge in [0.05, 0.1) is 0 Å². The lowest BCUT2D eigenvalue weighted by atomic mass is 10.0. The third kappa shape index (κ3) is 2.91. The molecule has 2 aromatic carbocycles. The van der Waals surface area contributed by atoms with Crippen LogP contribution in [0.25, 0.3) is 11.1 Å². The molecule has 0 saturated carbocycles. The number of hydrogen-bond donors (Lipinski definition) is 0. The van der Waals surface area contributed by atoms with Crippen LogP contribution in [-0.4, -0.2) is 5.97 Å². The molecule has 2 nitrogen and oxygen atoms in total. The Labute approximate surface area is 115 Å². The molecule has 0 N–H and O–H groups in total. The molecule has 0 unspecified atom stereocenters. The Bertz CT molecular complexity index is 678. The average molecular weight is 274 g/mol. The van der Waals surface area contributed by atoms with E-state index < -0.39 is 17.6 Å². The van der Waals surface area contributed by atoms with Crippen molar-refractivity contribution in [1.29, 1.82) is 0 Å². The van der Waals surface area contributed by atoms with Gasteiger partial charge in [-0.25, -0.2) is 13.6 Å². The minimum atomic E-state index is -0.736. The predicted octanol–water partition coefficient (Wildman–Crippen LogP) is 4.11. The summed E-state index contributed by atoms with van der Waals surface area (Å²) in [4.78, 5) is 11.3. The van der Waals surface area contributed by atoms with Crippen LogP contribution in [0.3, 0.4) is 0 Å². The molecule has 0 aliphatic carbocycles. The average Bonchev–Trinajstić information content (AvgIpc) is 2.41. The van der Waals surface area contributed by atoms with Gasteiger partial charge in [0.2, 0.25) is 0 Å². The van der Waals surface area contributed by atoms with Gasteiger partial charge in [-0.1, -0.05) is 30.8 Å². The molecular formula is C16H12F2O2. The summed E-state index contributed by atoms with van der Waals surface area (Å²) in [7, 11) is 0. The van der Waals surface area contributed by atoms with Gasteiger partial charge in [-0.05, 0) is 30.7 Å². The van der Waals surface area contributed by atoms with Gasteiger partial charge < -0.3 is 4.74 Å². The smallest absolute Gasteiger partial charge is 0.338 e. The summed E-state index contributed by atoms with van der Waals surface area (Å²) >= 11 is 0. The van der Waals surface area contributed by atoms with Crippen LogP contribution >= 0.6 is 0 Å². The van der Waals surface area contributed by atoms with E-state index in [1.807, 2.05) is 0 Å². The van der Waals surface area contributed by atoms with E-state index >= 15 is 0 Å². The summed E-state index contributed by atoms with van der Waals surface area (Å²) in [5.74, 6) is -2.10. The molecule has 0 atom stereocenters. The third-order valence-corrected chi connectivity index (χ3v) is 2.67. The molecule has 20 heavy (non-hydrogen) atoms. The highest BCUT2D eigenvalue weighted by atomic mass is 19.1. The second-order valence-corrected chi connectivity index (χ2v) is 4.29. The fraction of sp³-hybridized carbons (Fsp3) is 0.0625. The first-order chi connectivity index (χ1) is 9.49. The zero-order valence-corrected chi connectivity index (χ0v) is 10.8. The first-order valence-electron chi connectivity index (χ1n) is 5.91. The molecule has 0 aromatic heterocycles. The molecule has 0 bridgehead atoms.